The van der Waals surface area contributed by atoms with Crippen LogP contribution in [0.2, 0.25) is 0 Å². The fraction of sp³-hybridized carbons (Fsp3) is 1.00. The first-order chi connectivity index (χ1) is 6.34. The van der Waals surface area contributed by atoms with Crippen molar-refractivity contribution in [3.8, 4) is 0 Å². The summed E-state index contributed by atoms with van der Waals surface area (Å²) in [5.74, 6) is 0.961. The summed E-state index contributed by atoms with van der Waals surface area (Å²) in [6.07, 6.45) is 6.74. The zero-order chi connectivity index (χ0) is 9.52. The van der Waals surface area contributed by atoms with Crippen LogP contribution in [0.15, 0.2) is 0 Å². The van der Waals surface area contributed by atoms with E-state index in [4.69, 9.17) is 4.74 Å². The Morgan fingerprint density at radius 3 is 2.69 bits per heavy atom. The number of methoxy groups -OCH3 is 1. The number of nitrogens with one attached hydrogen (secondary N) is 1. The van der Waals surface area contributed by atoms with Crippen molar-refractivity contribution in [3.63, 3.8) is 0 Å². The predicted molar refractivity (Wildman–Crippen MR) is 55.9 cm³/mol. The van der Waals surface area contributed by atoms with Crippen molar-refractivity contribution >= 4 is 0 Å². The second-order valence-corrected chi connectivity index (χ2v) is 4.13. The molecule has 78 valence electrons. The van der Waals surface area contributed by atoms with Crippen molar-refractivity contribution < 1.29 is 4.74 Å². The van der Waals surface area contributed by atoms with E-state index in [1.165, 1.54) is 32.1 Å². The van der Waals surface area contributed by atoms with E-state index in [1.54, 1.807) is 7.11 Å². The van der Waals surface area contributed by atoms with Crippen LogP contribution in [0, 0.1) is 5.92 Å². The second-order valence-electron chi connectivity index (χ2n) is 4.13. The number of unbranched alkanes of at least 4 members (excludes halogenated alkanes) is 1. The summed E-state index contributed by atoms with van der Waals surface area (Å²) < 4.78 is 5.00. The molecule has 1 rings (SSSR count). The molecule has 0 aromatic carbocycles. The van der Waals surface area contributed by atoms with E-state index in [0.29, 0.717) is 0 Å². The lowest BCUT2D eigenvalue weighted by molar-refractivity contribution is 0.190. The van der Waals surface area contributed by atoms with Crippen molar-refractivity contribution in [1.29, 1.82) is 0 Å². The topological polar surface area (TPSA) is 21.3 Å². The Balaban J connectivity index is 1.86. The van der Waals surface area contributed by atoms with Gasteiger partial charge in [-0.25, -0.2) is 0 Å². The number of hydrogen-bond acceptors (Lipinski definition) is 2. The number of ether oxygens (including phenoxy) is 1. The maximum absolute atomic E-state index is 5.00. The summed E-state index contributed by atoms with van der Waals surface area (Å²) in [4.78, 5) is 0. The molecule has 0 amide bonds. The van der Waals surface area contributed by atoms with E-state index in [-0.39, 0.29) is 0 Å². The van der Waals surface area contributed by atoms with Crippen LogP contribution in [-0.2, 0) is 4.74 Å². The first-order valence-electron chi connectivity index (χ1n) is 5.57. The van der Waals surface area contributed by atoms with Gasteiger partial charge in [0.2, 0.25) is 0 Å². The average molecular weight is 185 g/mol. The highest BCUT2D eigenvalue weighted by atomic mass is 16.5. The zero-order valence-electron chi connectivity index (χ0n) is 9.01. The maximum atomic E-state index is 5.00. The van der Waals surface area contributed by atoms with Crippen molar-refractivity contribution in [3.05, 3.63) is 0 Å². The van der Waals surface area contributed by atoms with Crippen molar-refractivity contribution in [2.45, 2.75) is 45.1 Å². The standard InChI is InChI=1S/C11H23NO/c1-10(11-6-5-7-11)12-8-3-4-9-13-2/h10-12H,3-9H2,1-2H3. The van der Waals surface area contributed by atoms with Crippen LogP contribution in [0.1, 0.15) is 39.0 Å². The largest absolute Gasteiger partial charge is 0.385 e. The van der Waals surface area contributed by atoms with Crippen LogP contribution in [0.4, 0.5) is 0 Å². The molecule has 1 fully saturated rings. The Bertz CT molecular complexity index is 123. The van der Waals surface area contributed by atoms with Gasteiger partial charge in [-0.2, -0.15) is 0 Å². The molecule has 1 N–H and O–H groups in total. The average Bonchev–Trinajstić information content (AvgIpc) is 2.01. The highest BCUT2D eigenvalue weighted by molar-refractivity contribution is 4.79. The minimum atomic E-state index is 0.733. The summed E-state index contributed by atoms with van der Waals surface area (Å²) in [5.41, 5.74) is 0. The van der Waals surface area contributed by atoms with Crippen LogP contribution >= 0.6 is 0 Å². The molecule has 2 heteroatoms. The molecule has 0 aromatic heterocycles. The Labute approximate surface area is 82.0 Å². The minimum Gasteiger partial charge on any atom is -0.385 e. The summed E-state index contributed by atoms with van der Waals surface area (Å²) in [5, 5.41) is 3.59. The van der Waals surface area contributed by atoms with Gasteiger partial charge in [0.15, 0.2) is 0 Å². The molecule has 0 aliphatic heterocycles. The van der Waals surface area contributed by atoms with Crippen molar-refractivity contribution in [2.24, 2.45) is 5.92 Å². The lowest BCUT2D eigenvalue weighted by Gasteiger charge is -2.32. The van der Waals surface area contributed by atoms with Gasteiger partial charge in [-0.15, -0.1) is 0 Å². The van der Waals surface area contributed by atoms with Gasteiger partial charge in [0.25, 0.3) is 0 Å². The van der Waals surface area contributed by atoms with Crippen molar-refractivity contribution in [2.75, 3.05) is 20.3 Å². The summed E-state index contributed by atoms with van der Waals surface area (Å²) in [6.45, 7) is 4.38. The van der Waals surface area contributed by atoms with E-state index in [9.17, 15) is 0 Å². The molecule has 1 aliphatic rings. The first-order valence-corrected chi connectivity index (χ1v) is 5.57. The lowest BCUT2D eigenvalue weighted by atomic mass is 9.80. The van der Waals surface area contributed by atoms with E-state index in [0.717, 1.165) is 25.1 Å². The molecule has 13 heavy (non-hydrogen) atoms. The van der Waals surface area contributed by atoms with Gasteiger partial charge >= 0.3 is 0 Å². The molecular formula is C11H23NO. The minimum absolute atomic E-state index is 0.733. The van der Waals surface area contributed by atoms with Crippen LogP contribution in [0.3, 0.4) is 0 Å². The van der Waals surface area contributed by atoms with Gasteiger partial charge in [-0.1, -0.05) is 6.42 Å². The van der Waals surface area contributed by atoms with Gasteiger partial charge in [0, 0.05) is 19.8 Å². The number of hydrogen-bond donors (Lipinski definition) is 1. The second kappa shape index (κ2) is 6.39. The highest BCUT2D eigenvalue weighted by Gasteiger charge is 2.22. The Kier molecular flexibility index (Phi) is 5.40. The third-order valence-corrected chi connectivity index (χ3v) is 3.10. The van der Waals surface area contributed by atoms with Gasteiger partial charge in [-0.3, -0.25) is 0 Å². The monoisotopic (exact) mass is 185 g/mol. The summed E-state index contributed by atoms with van der Waals surface area (Å²) >= 11 is 0. The zero-order valence-corrected chi connectivity index (χ0v) is 9.01. The van der Waals surface area contributed by atoms with Crippen LogP contribution in [-0.4, -0.2) is 26.3 Å². The van der Waals surface area contributed by atoms with Crippen LogP contribution < -0.4 is 5.32 Å². The first kappa shape index (κ1) is 11.0. The van der Waals surface area contributed by atoms with E-state index in [1.807, 2.05) is 0 Å². The molecular weight excluding hydrogens is 162 g/mol. The fourth-order valence-corrected chi connectivity index (χ4v) is 1.81. The highest BCUT2D eigenvalue weighted by Crippen LogP contribution is 2.29. The molecule has 0 spiro atoms. The SMILES string of the molecule is COCCCCNC(C)C1CCC1. The molecule has 1 aliphatic carbocycles. The lowest BCUT2D eigenvalue weighted by Crippen LogP contribution is -2.37. The van der Waals surface area contributed by atoms with Gasteiger partial charge in [-0.05, 0) is 45.1 Å². The summed E-state index contributed by atoms with van der Waals surface area (Å²) in [6, 6.07) is 0.733. The van der Waals surface area contributed by atoms with Gasteiger partial charge in [0.1, 0.15) is 0 Å². The van der Waals surface area contributed by atoms with Gasteiger partial charge in [0.05, 0.1) is 0 Å². The molecule has 0 heterocycles. The summed E-state index contributed by atoms with van der Waals surface area (Å²) in [7, 11) is 1.77. The third kappa shape index (κ3) is 4.10. The maximum Gasteiger partial charge on any atom is 0.0462 e. The van der Waals surface area contributed by atoms with E-state index >= 15 is 0 Å². The molecule has 0 radical (unpaired) electrons. The van der Waals surface area contributed by atoms with Crippen molar-refractivity contribution in [1.82, 2.24) is 5.32 Å². The smallest absolute Gasteiger partial charge is 0.0462 e. The fourth-order valence-electron chi connectivity index (χ4n) is 1.81. The molecule has 1 unspecified atom stereocenters. The molecule has 1 atom stereocenters. The Morgan fingerprint density at radius 2 is 2.15 bits per heavy atom. The van der Waals surface area contributed by atoms with Crippen LogP contribution in [0.5, 0.6) is 0 Å². The quantitative estimate of drug-likeness (QED) is 0.614. The van der Waals surface area contributed by atoms with Gasteiger partial charge < -0.3 is 10.1 Å². The molecule has 2 nitrogen and oxygen atoms in total. The molecule has 0 aromatic rings. The van der Waals surface area contributed by atoms with Crippen LogP contribution in [0.25, 0.3) is 0 Å². The molecule has 0 bridgehead atoms. The third-order valence-electron chi connectivity index (χ3n) is 3.10. The van der Waals surface area contributed by atoms with E-state index < -0.39 is 0 Å². The number of rotatable bonds is 7. The van der Waals surface area contributed by atoms with E-state index in [2.05, 4.69) is 12.2 Å². The molecule has 1 saturated carbocycles. The normalized spacial score (nSPS) is 19.8. The Morgan fingerprint density at radius 1 is 1.38 bits per heavy atom. The molecule has 0 saturated heterocycles. The Hall–Kier alpha value is -0.0800. The predicted octanol–water partition coefficient (Wildman–Crippen LogP) is 2.19.